The van der Waals surface area contributed by atoms with Crippen molar-refractivity contribution in [2.45, 2.75) is 0 Å². The highest BCUT2D eigenvalue weighted by Gasteiger charge is 2.22. The molecule has 54 heavy (non-hydrogen) atoms. The molecule has 0 aliphatic carbocycles. The molecule has 0 unspecified atom stereocenters. The Morgan fingerprint density at radius 3 is 2.07 bits per heavy atom. The van der Waals surface area contributed by atoms with Crippen LogP contribution in [-0.4, -0.2) is 14.1 Å². The van der Waals surface area contributed by atoms with Crippen LogP contribution < -0.4 is 0 Å². The Bertz CT molecular complexity index is 3450. The number of hydrogen-bond donors (Lipinski definition) is 0. The van der Waals surface area contributed by atoms with Crippen molar-refractivity contribution in [1.82, 2.24) is 14.1 Å². The van der Waals surface area contributed by atoms with Crippen molar-refractivity contribution in [3.05, 3.63) is 176 Å². The van der Waals surface area contributed by atoms with Crippen molar-refractivity contribution >= 4 is 86.3 Å². The maximum Gasteiger partial charge on any atom is 0.149 e. The molecule has 0 saturated carbocycles. The number of thiophene rings is 1. The highest BCUT2D eigenvalue weighted by Crippen LogP contribution is 2.44. The number of furan rings is 1. The molecule has 0 bridgehead atoms. The minimum absolute atomic E-state index is 0.851. The van der Waals surface area contributed by atoms with Gasteiger partial charge in [-0.25, -0.2) is 4.98 Å². The lowest BCUT2D eigenvalue weighted by molar-refractivity contribution is 0.669. The van der Waals surface area contributed by atoms with E-state index in [4.69, 9.17) is 9.40 Å². The lowest BCUT2D eigenvalue weighted by atomic mass is 10.00. The third-order valence-corrected chi connectivity index (χ3v) is 12.1. The lowest BCUT2D eigenvalue weighted by Gasteiger charge is -2.12. The first kappa shape index (κ1) is 29.6. The van der Waals surface area contributed by atoms with Gasteiger partial charge in [-0.15, -0.1) is 11.3 Å². The van der Waals surface area contributed by atoms with Crippen LogP contribution in [-0.2, 0) is 0 Å². The smallest absolute Gasteiger partial charge is 0.149 e. The molecule has 4 heterocycles. The molecule has 4 aromatic heterocycles. The largest absolute Gasteiger partial charge is 0.455 e. The molecule has 0 spiro atoms. The van der Waals surface area contributed by atoms with Gasteiger partial charge in [-0.1, -0.05) is 97.1 Å². The van der Waals surface area contributed by atoms with Crippen LogP contribution in [0.15, 0.2) is 180 Å². The first-order valence-electron chi connectivity index (χ1n) is 18.2. The average Bonchev–Trinajstić information content (AvgIpc) is 3.99. The maximum atomic E-state index is 6.56. The highest BCUT2D eigenvalue weighted by atomic mass is 32.1. The summed E-state index contributed by atoms with van der Waals surface area (Å²) in [5.41, 5.74) is 11.8. The van der Waals surface area contributed by atoms with Crippen molar-refractivity contribution in [2.75, 3.05) is 0 Å². The second-order valence-corrected chi connectivity index (χ2v) is 15.0. The first-order chi connectivity index (χ1) is 26.8. The van der Waals surface area contributed by atoms with Gasteiger partial charge in [-0.3, -0.25) is 4.57 Å². The van der Waals surface area contributed by atoms with Crippen molar-refractivity contribution in [3.8, 4) is 33.9 Å². The summed E-state index contributed by atoms with van der Waals surface area (Å²) < 4.78 is 13.8. The van der Waals surface area contributed by atoms with Gasteiger partial charge in [-0.2, -0.15) is 0 Å². The van der Waals surface area contributed by atoms with Gasteiger partial charge in [-0.05, 0) is 90.0 Å². The van der Waals surface area contributed by atoms with Gasteiger partial charge in [0.2, 0.25) is 0 Å². The summed E-state index contributed by atoms with van der Waals surface area (Å²) in [5.74, 6) is 0.865. The Kier molecular flexibility index (Phi) is 6.18. The molecule has 0 amide bonds. The molecule has 12 aromatic rings. The Balaban J connectivity index is 1.09. The van der Waals surface area contributed by atoms with Gasteiger partial charge in [0, 0.05) is 47.4 Å². The molecule has 4 nitrogen and oxygen atoms in total. The van der Waals surface area contributed by atoms with E-state index in [0.717, 1.165) is 55.7 Å². The number of aromatic nitrogens is 3. The predicted molar refractivity (Wildman–Crippen MR) is 226 cm³/mol. The zero-order chi connectivity index (χ0) is 35.3. The minimum atomic E-state index is 0.851. The van der Waals surface area contributed by atoms with Gasteiger partial charge in [0.05, 0.1) is 33.3 Å². The molecule has 5 heteroatoms. The number of fused-ring (bicyclic) bond motifs is 10. The molecule has 0 saturated heterocycles. The molecule has 8 aromatic carbocycles. The number of para-hydroxylation sites is 6. The van der Waals surface area contributed by atoms with Crippen molar-refractivity contribution in [2.24, 2.45) is 0 Å². The number of nitrogens with zero attached hydrogens (tertiary/aromatic N) is 3. The van der Waals surface area contributed by atoms with E-state index in [2.05, 4.69) is 173 Å². The Labute approximate surface area is 313 Å². The van der Waals surface area contributed by atoms with Crippen LogP contribution in [0, 0.1) is 0 Å². The topological polar surface area (TPSA) is 35.9 Å². The van der Waals surface area contributed by atoms with Gasteiger partial charge in [0.1, 0.15) is 17.0 Å². The van der Waals surface area contributed by atoms with E-state index in [1.165, 1.54) is 53.1 Å². The SMILES string of the molecule is c1ccc(-n2c3ccccc3c3cc(-c4ccc5sc6cccc(-n7c(-c8cccc9c8oc8ccccc89)nc8ccccc87)c6c5c4)ccc32)cc1. The van der Waals surface area contributed by atoms with Crippen molar-refractivity contribution in [3.63, 3.8) is 0 Å². The molecule has 0 radical (unpaired) electrons. The van der Waals surface area contributed by atoms with E-state index in [-0.39, 0.29) is 0 Å². The number of benzene rings is 8. The number of imidazole rings is 1. The summed E-state index contributed by atoms with van der Waals surface area (Å²) >= 11 is 1.84. The summed E-state index contributed by atoms with van der Waals surface area (Å²) in [6, 6.07) is 63.0. The molecular formula is C49H29N3OS. The fraction of sp³-hybridized carbons (Fsp3) is 0. The Hall–Kier alpha value is -6.95. The zero-order valence-electron chi connectivity index (χ0n) is 28.9. The van der Waals surface area contributed by atoms with E-state index in [0.29, 0.717) is 0 Å². The van der Waals surface area contributed by atoms with Crippen LogP contribution >= 0.6 is 11.3 Å². The summed E-state index contributed by atoms with van der Waals surface area (Å²) in [4.78, 5) is 5.30. The van der Waals surface area contributed by atoms with Crippen LogP contribution in [0.4, 0.5) is 0 Å². The molecule has 0 atom stereocenters. The quantitative estimate of drug-likeness (QED) is 0.183. The van der Waals surface area contributed by atoms with Crippen molar-refractivity contribution in [1.29, 1.82) is 0 Å². The number of hydrogen-bond acceptors (Lipinski definition) is 3. The number of rotatable bonds is 4. The van der Waals surface area contributed by atoms with Crippen LogP contribution in [0.5, 0.6) is 0 Å². The molecule has 0 aliphatic rings. The van der Waals surface area contributed by atoms with E-state index < -0.39 is 0 Å². The second-order valence-electron chi connectivity index (χ2n) is 13.9. The second kappa shape index (κ2) is 11.3. The Morgan fingerprint density at radius 2 is 1.17 bits per heavy atom. The van der Waals surface area contributed by atoms with Crippen LogP contribution in [0.3, 0.4) is 0 Å². The fourth-order valence-corrected chi connectivity index (χ4v) is 9.66. The van der Waals surface area contributed by atoms with E-state index >= 15 is 0 Å². The normalized spacial score (nSPS) is 12.1. The van der Waals surface area contributed by atoms with Gasteiger partial charge in [0.25, 0.3) is 0 Å². The monoisotopic (exact) mass is 707 g/mol. The molecular weight excluding hydrogens is 679 g/mol. The third kappa shape index (κ3) is 4.21. The molecule has 0 N–H and O–H groups in total. The van der Waals surface area contributed by atoms with Crippen molar-refractivity contribution < 1.29 is 4.42 Å². The van der Waals surface area contributed by atoms with Crippen LogP contribution in [0.2, 0.25) is 0 Å². The highest BCUT2D eigenvalue weighted by molar-refractivity contribution is 7.25. The predicted octanol–water partition coefficient (Wildman–Crippen LogP) is 13.7. The lowest BCUT2D eigenvalue weighted by Crippen LogP contribution is -1.98. The molecule has 12 rings (SSSR count). The first-order valence-corrected chi connectivity index (χ1v) is 19.0. The fourth-order valence-electron chi connectivity index (χ4n) is 8.56. The third-order valence-electron chi connectivity index (χ3n) is 10.9. The van der Waals surface area contributed by atoms with E-state index in [1.807, 2.05) is 23.5 Å². The standard InChI is InChI=1S/C49H29N3OS/c1-2-12-32(13-3-1)51-40-19-7-4-14-33(40)37-28-30(24-26-41(37)51)31-25-27-45-38(29-31)47-43(21-11-23-46(47)54-45)52-42-20-8-6-18-39(42)50-49(52)36-17-10-16-35-34-15-5-9-22-44(34)53-48(35)36/h1-29H. The van der Waals surface area contributed by atoms with Gasteiger partial charge < -0.3 is 8.98 Å². The minimum Gasteiger partial charge on any atom is -0.455 e. The van der Waals surface area contributed by atoms with Crippen LogP contribution in [0.25, 0.3) is 109 Å². The van der Waals surface area contributed by atoms with E-state index in [1.54, 1.807) is 0 Å². The summed E-state index contributed by atoms with van der Waals surface area (Å²) in [7, 11) is 0. The summed E-state index contributed by atoms with van der Waals surface area (Å²) in [6.45, 7) is 0. The van der Waals surface area contributed by atoms with Crippen LogP contribution in [0.1, 0.15) is 0 Å². The van der Waals surface area contributed by atoms with Gasteiger partial charge >= 0.3 is 0 Å². The Morgan fingerprint density at radius 1 is 0.463 bits per heavy atom. The molecule has 252 valence electrons. The summed E-state index contributed by atoms with van der Waals surface area (Å²) in [6.07, 6.45) is 0. The molecule has 0 fully saturated rings. The van der Waals surface area contributed by atoms with Gasteiger partial charge in [0.15, 0.2) is 0 Å². The molecule has 0 aliphatic heterocycles. The van der Waals surface area contributed by atoms with E-state index in [9.17, 15) is 0 Å². The average molecular weight is 708 g/mol. The maximum absolute atomic E-state index is 6.56. The summed E-state index contributed by atoms with van der Waals surface area (Å²) in [5, 5.41) is 7.16. The zero-order valence-corrected chi connectivity index (χ0v) is 29.7.